The molecule has 0 atom stereocenters. The largest absolute Gasteiger partial charge is 0.326 e. The van der Waals surface area contributed by atoms with Gasteiger partial charge in [0.15, 0.2) is 0 Å². The van der Waals surface area contributed by atoms with Gasteiger partial charge in [0.1, 0.15) is 0 Å². The van der Waals surface area contributed by atoms with Gasteiger partial charge in [0.2, 0.25) is 12.7 Å². The van der Waals surface area contributed by atoms with Crippen LogP contribution in [0.4, 0.5) is 0 Å². The lowest BCUT2D eigenvalue weighted by Crippen LogP contribution is -2.37. The topological polar surface area (TPSA) is 17.6 Å². The summed E-state index contributed by atoms with van der Waals surface area (Å²) in [6.45, 7) is 14.8. The molecule has 31 heavy (non-hydrogen) atoms. The molecular formula is C27H32N4. The molecule has 0 aliphatic heterocycles. The molecule has 0 saturated carbocycles. The summed E-state index contributed by atoms with van der Waals surface area (Å²) in [6, 6.07) is 8.93. The molecule has 4 rings (SSSR count). The lowest BCUT2D eigenvalue weighted by atomic mass is 10.1. The second-order valence-electron chi connectivity index (χ2n) is 8.77. The molecular weight excluding hydrogens is 380 g/mol. The minimum Gasteiger partial charge on any atom is -0.326 e. The number of hydrogen-bond donors (Lipinski definition) is 0. The Morgan fingerprint density at radius 3 is 1.32 bits per heavy atom. The number of rotatable bonds is 6. The van der Waals surface area contributed by atoms with Gasteiger partial charge in [-0.25, -0.2) is 0 Å². The maximum absolute atomic E-state index is 3.48. The number of nitrogens with zero attached hydrogens (tertiary/aromatic N) is 4. The predicted octanol–water partition coefficient (Wildman–Crippen LogP) is 4.38. The Bertz CT molecular complexity index is 1080. The van der Waals surface area contributed by atoms with Crippen molar-refractivity contribution in [3.8, 4) is 11.4 Å². The van der Waals surface area contributed by atoms with E-state index in [0.29, 0.717) is 0 Å². The summed E-state index contributed by atoms with van der Waals surface area (Å²) in [6.07, 6.45) is 16.4. The second-order valence-corrected chi connectivity index (χ2v) is 8.77. The van der Waals surface area contributed by atoms with Gasteiger partial charge in [0.25, 0.3) is 0 Å². The lowest BCUT2D eigenvalue weighted by molar-refractivity contribution is -0.730. The normalized spacial score (nSPS) is 11.3. The van der Waals surface area contributed by atoms with Crippen LogP contribution in [0.5, 0.6) is 0 Å². The SMILES string of the molecule is Cc1cc(C)c(-n2[c-][n+](CCC[n+]3[c-]n(-c4c(C)cc(C)cc4C)cc3)cc2)c(C)c1. The van der Waals surface area contributed by atoms with E-state index in [1.165, 1.54) is 44.8 Å². The summed E-state index contributed by atoms with van der Waals surface area (Å²) in [4.78, 5) is 0. The first kappa shape index (κ1) is 21.1. The smallest absolute Gasteiger partial charge is 0.243 e. The molecule has 0 spiro atoms. The lowest BCUT2D eigenvalue weighted by Gasteiger charge is -2.12. The van der Waals surface area contributed by atoms with Crippen LogP contribution < -0.4 is 9.13 Å². The van der Waals surface area contributed by atoms with Crippen molar-refractivity contribution in [2.75, 3.05) is 0 Å². The number of hydrogen-bond acceptors (Lipinski definition) is 0. The second kappa shape index (κ2) is 8.54. The molecule has 0 saturated heterocycles. The van der Waals surface area contributed by atoms with E-state index < -0.39 is 0 Å². The van der Waals surface area contributed by atoms with E-state index in [-0.39, 0.29) is 0 Å². The monoisotopic (exact) mass is 412 g/mol. The summed E-state index contributed by atoms with van der Waals surface area (Å²) in [5.41, 5.74) is 10.2. The van der Waals surface area contributed by atoms with Crippen molar-refractivity contribution in [1.29, 1.82) is 0 Å². The van der Waals surface area contributed by atoms with E-state index in [0.717, 1.165) is 19.5 Å². The van der Waals surface area contributed by atoms with Crippen molar-refractivity contribution in [2.45, 2.75) is 61.1 Å². The molecule has 0 unspecified atom stereocenters. The van der Waals surface area contributed by atoms with Crippen LogP contribution in [0.15, 0.2) is 49.1 Å². The van der Waals surface area contributed by atoms with E-state index in [4.69, 9.17) is 0 Å². The maximum atomic E-state index is 3.48. The van der Waals surface area contributed by atoms with Gasteiger partial charge in [0, 0.05) is 31.2 Å². The van der Waals surface area contributed by atoms with Crippen LogP contribution >= 0.6 is 0 Å². The number of benzene rings is 2. The standard InChI is InChI=1S/C27H32N4/c1-20-14-22(3)26(23(4)15-20)30-12-10-28(18-30)8-7-9-29-11-13-31(19-29)27-24(5)16-21(2)17-25(27)6/h10-17H,7-9H2,1-6H3. The molecule has 2 aromatic carbocycles. The zero-order valence-corrected chi connectivity index (χ0v) is 19.5. The van der Waals surface area contributed by atoms with Crippen LogP contribution in [0.3, 0.4) is 0 Å². The van der Waals surface area contributed by atoms with Crippen molar-refractivity contribution in [3.05, 3.63) is 95.1 Å². The van der Waals surface area contributed by atoms with Crippen LogP contribution in [-0.2, 0) is 13.1 Å². The van der Waals surface area contributed by atoms with E-state index >= 15 is 0 Å². The third-order valence-electron chi connectivity index (χ3n) is 5.81. The molecule has 0 aliphatic carbocycles. The Balaban J connectivity index is 1.42. The van der Waals surface area contributed by atoms with Gasteiger partial charge in [-0.1, -0.05) is 35.4 Å². The van der Waals surface area contributed by atoms with Crippen LogP contribution in [0.1, 0.15) is 39.8 Å². The Hall–Kier alpha value is -3.14. The minimum absolute atomic E-state index is 0.922. The first-order valence-electron chi connectivity index (χ1n) is 11.0. The van der Waals surface area contributed by atoms with Gasteiger partial charge >= 0.3 is 0 Å². The quantitative estimate of drug-likeness (QED) is 0.330. The highest BCUT2D eigenvalue weighted by molar-refractivity contribution is 5.49. The molecule has 0 fully saturated rings. The first-order chi connectivity index (χ1) is 14.8. The fourth-order valence-electron chi connectivity index (χ4n) is 4.72. The van der Waals surface area contributed by atoms with E-state index in [1.807, 2.05) is 0 Å². The zero-order valence-electron chi connectivity index (χ0n) is 19.5. The van der Waals surface area contributed by atoms with Gasteiger partial charge < -0.3 is 18.3 Å². The van der Waals surface area contributed by atoms with Crippen LogP contribution in [-0.4, -0.2) is 9.13 Å². The third-order valence-corrected chi connectivity index (χ3v) is 5.81. The zero-order chi connectivity index (χ0) is 22.1. The minimum atomic E-state index is 0.922. The summed E-state index contributed by atoms with van der Waals surface area (Å²) in [5.74, 6) is 0. The third kappa shape index (κ3) is 4.48. The van der Waals surface area contributed by atoms with Gasteiger partial charge in [-0.2, -0.15) is 0 Å². The van der Waals surface area contributed by atoms with Crippen LogP contribution in [0.25, 0.3) is 11.4 Å². The average molecular weight is 413 g/mol. The summed E-state index contributed by atoms with van der Waals surface area (Å²) in [5, 5.41) is 0. The molecule has 0 aliphatic rings. The molecule has 0 N–H and O–H groups in total. The van der Waals surface area contributed by atoms with Crippen LogP contribution in [0, 0.1) is 54.2 Å². The van der Waals surface area contributed by atoms with Crippen molar-refractivity contribution < 1.29 is 9.13 Å². The predicted molar refractivity (Wildman–Crippen MR) is 123 cm³/mol. The van der Waals surface area contributed by atoms with Gasteiger partial charge in [-0.3, -0.25) is 0 Å². The van der Waals surface area contributed by atoms with E-state index in [2.05, 4.69) is 122 Å². The number of imidazole rings is 2. The number of aromatic nitrogens is 4. The Morgan fingerprint density at radius 1 is 0.613 bits per heavy atom. The Morgan fingerprint density at radius 2 is 0.968 bits per heavy atom. The number of aryl methyl sites for hydroxylation is 8. The molecule has 0 bridgehead atoms. The molecule has 0 radical (unpaired) electrons. The van der Waals surface area contributed by atoms with Gasteiger partial charge in [0.05, 0.1) is 24.5 Å². The molecule has 2 heterocycles. The molecule has 4 heteroatoms. The van der Waals surface area contributed by atoms with Crippen molar-refractivity contribution in [2.24, 2.45) is 0 Å². The molecule has 4 aromatic rings. The maximum Gasteiger partial charge on any atom is 0.243 e. The van der Waals surface area contributed by atoms with Gasteiger partial charge in [-0.15, -0.1) is 0 Å². The molecule has 4 nitrogen and oxygen atoms in total. The fraction of sp³-hybridized carbons (Fsp3) is 0.333. The summed E-state index contributed by atoms with van der Waals surface area (Å²) < 4.78 is 8.51. The first-order valence-corrected chi connectivity index (χ1v) is 11.0. The highest BCUT2D eigenvalue weighted by Gasteiger charge is 2.09. The van der Waals surface area contributed by atoms with Crippen molar-refractivity contribution >= 4 is 0 Å². The fourth-order valence-corrected chi connectivity index (χ4v) is 4.72. The van der Waals surface area contributed by atoms with Crippen molar-refractivity contribution in [3.63, 3.8) is 0 Å². The van der Waals surface area contributed by atoms with E-state index in [9.17, 15) is 0 Å². The summed E-state index contributed by atoms with van der Waals surface area (Å²) in [7, 11) is 0. The molecule has 0 amide bonds. The Kier molecular flexibility index (Phi) is 5.81. The molecule has 2 aromatic heterocycles. The highest BCUT2D eigenvalue weighted by atomic mass is 15.1. The van der Waals surface area contributed by atoms with Crippen molar-refractivity contribution in [1.82, 2.24) is 9.13 Å². The highest BCUT2D eigenvalue weighted by Crippen LogP contribution is 2.21. The van der Waals surface area contributed by atoms with Gasteiger partial charge in [-0.05, 0) is 63.8 Å². The average Bonchev–Trinajstić information content (AvgIpc) is 3.30. The Labute approximate surface area is 186 Å². The van der Waals surface area contributed by atoms with E-state index in [1.54, 1.807) is 0 Å². The summed E-state index contributed by atoms with van der Waals surface area (Å²) >= 11 is 0. The molecule has 160 valence electrons. The van der Waals surface area contributed by atoms with Crippen LogP contribution in [0.2, 0.25) is 0 Å².